The van der Waals surface area contributed by atoms with E-state index >= 15 is 0 Å². The number of aliphatic hydroxyl groups excluding tert-OH is 1. The third-order valence-corrected chi connectivity index (χ3v) is 4.16. The molecule has 1 unspecified atom stereocenters. The molecule has 0 spiro atoms. The molecule has 6 heteroatoms. The van der Waals surface area contributed by atoms with Crippen LogP contribution >= 0.6 is 23.2 Å². The molecule has 1 atom stereocenters. The van der Waals surface area contributed by atoms with Gasteiger partial charge in [0.15, 0.2) is 0 Å². The zero-order chi connectivity index (χ0) is 17.7. The van der Waals surface area contributed by atoms with Crippen molar-refractivity contribution in [2.24, 2.45) is 0 Å². The molecule has 0 aliphatic heterocycles. The molecule has 0 aliphatic rings. The maximum Gasteiger partial charge on any atom is 0.221 e. The summed E-state index contributed by atoms with van der Waals surface area (Å²) in [7, 11) is 1.90. The van der Waals surface area contributed by atoms with Crippen molar-refractivity contribution in [3.05, 3.63) is 63.6 Å². The summed E-state index contributed by atoms with van der Waals surface area (Å²) < 4.78 is 0. The molecule has 2 aromatic carbocycles. The van der Waals surface area contributed by atoms with Gasteiger partial charge in [0.05, 0.1) is 6.10 Å². The van der Waals surface area contributed by atoms with Gasteiger partial charge in [0.25, 0.3) is 0 Å². The van der Waals surface area contributed by atoms with Crippen LogP contribution in [-0.2, 0) is 11.3 Å². The predicted molar refractivity (Wildman–Crippen MR) is 98.5 cm³/mol. The van der Waals surface area contributed by atoms with E-state index in [0.29, 0.717) is 34.4 Å². The number of halogens is 2. The first-order valence-electron chi connectivity index (χ1n) is 7.54. The van der Waals surface area contributed by atoms with Crippen LogP contribution in [0.2, 0.25) is 10.0 Å². The molecule has 24 heavy (non-hydrogen) atoms. The molecule has 2 rings (SSSR count). The van der Waals surface area contributed by atoms with Crippen LogP contribution in [0.1, 0.15) is 24.2 Å². The van der Waals surface area contributed by atoms with Crippen molar-refractivity contribution in [3.8, 4) is 0 Å². The lowest BCUT2D eigenvalue weighted by atomic mass is 10.1. The fourth-order valence-electron chi connectivity index (χ4n) is 2.49. The fraction of sp³-hybridized carbons (Fsp3) is 0.278. The number of carbonyl (C=O) groups is 1. The molecule has 4 nitrogen and oxygen atoms in total. The van der Waals surface area contributed by atoms with Gasteiger partial charge in [-0.15, -0.1) is 0 Å². The molecule has 2 N–H and O–H groups in total. The van der Waals surface area contributed by atoms with E-state index in [9.17, 15) is 9.90 Å². The van der Waals surface area contributed by atoms with E-state index in [2.05, 4.69) is 5.32 Å². The normalized spacial score (nSPS) is 12.2. The molecule has 2 aromatic rings. The van der Waals surface area contributed by atoms with Gasteiger partial charge in [0.2, 0.25) is 5.91 Å². The number of nitrogens with zero attached hydrogens (tertiary/aromatic N) is 1. The Labute approximate surface area is 152 Å². The molecule has 0 fully saturated rings. The summed E-state index contributed by atoms with van der Waals surface area (Å²) in [5.41, 5.74) is 2.24. The van der Waals surface area contributed by atoms with E-state index in [0.717, 1.165) is 5.56 Å². The Balaban J connectivity index is 2.06. The fourth-order valence-corrected chi connectivity index (χ4v) is 2.96. The number of para-hydroxylation sites is 1. The van der Waals surface area contributed by atoms with E-state index in [4.69, 9.17) is 23.2 Å². The maximum absolute atomic E-state index is 11.3. The lowest BCUT2D eigenvalue weighted by molar-refractivity contribution is -0.114. The van der Waals surface area contributed by atoms with E-state index in [1.165, 1.54) is 6.92 Å². The van der Waals surface area contributed by atoms with Crippen LogP contribution in [0.5, 0.6) is 0 Å². The molecule has 0 saturated heterocycles. The highest BCUT2D eigenvalue weighted by molar-refractivity contribution is 6.35. The Morgan fingerprint density at radius 2 is 1.96 bits per heavy atom. The smallest absolute Gasteiger partial charge is 0.221 e. The molecule has 0 radical (unpaired) electrons. The van der Waals surface area contributed by atoms with Gasteiger partial charge in [0, 0.05) is 41.3 Å². The van der Waals surface area contributed by atoms with Crippen molar-refractivity contribution in [2.45, 2.75) is 19.6 Å². The lowest BCUT2D eigenvalue weighted by Gasteiger charge is -2.23. The summed E-state index contributed by atoms with van der Waals surface area (Å²) in [6.45, 7) is 2.42. The monoisotopic (exact) mass is 366 g/mol. The quantitative estimate of drug-likeness (QED) is 0.808. The first-order valence-corrected chi connectivity index (χ1v) is 8.29. The summed E-state index contributed by atoms with van der Waals surface area (Å²) >= 11 is 12.1. The van der Waals surface area contributed by atoms with Crippen molar-refractivity contribution in [1.29, 1.82) is 0 Å². The first kappa shape index (κ1) is 18.7. The molecule has 1 amide bonds. The predicted octanol–water partition coefficient (Wildman–Crippen LogP) is 4.12. The number of carbonyl (C=O) groups excluding carboxylic acids is 1. The molecule has 0 heterocycles. The second kappa shape index (κ2) is 8.49. The number of rotatable bonds is 6. The molecular weight excluding hydrogens is 347 g/mol. The zero-order valence-corrected chi connectivity index (χ0v) is 15.1. The number of aliphatic hydroxyl groups is 1. The van der Waals surface area contributed by atoms with Crippen LogP contribution in [0, 0.1) is 0 Å². The minimum Gasteiger partial charge on any atom is -0.387 e. The number of likely N-dealkylation sites (N-methyl/N-ethyl adjacent to an activating group) is 1. The van der Waals surface area contributed by atoms with Gasteiger partial charge in [-0.2, -0.15) is 0 Å². The van der Waals surface area contributed by atoms with Crippen LogP contribution in [0.15, 0.2) is 42.5 Å². The molecular formula is C18H20Cl2N2O2. The van der Waals surface area contributed by atoms with Gasteiger partial charge in [-0.3, -0.25) is 9.69 Å². The topological polar surface area (TPSA) is 52.6 Å². The van der Waals surface area contributed by atoms with Crippen molar-refractivity contribution in [3.63, 3.8) is 0 Å². The number of hydrogen-bond acceptors (Lipinski definition) is 3. The zero-order valence-electron chi connectivity index (χ0n) is 13.6. The number of benzene rings is 2. The van der Waals surface area contributed by atoms with Crippen LogP contribution in [-0.4, -0.2) is 29.5 Å². The van der Waals surface area contributed by atoms with E-state index in [1.54, 1.807) is 24.3 Å². The van der Waals surface area contributed by atoms with Crippen LogP contribution in [0.3, 0.4) is 0 Å². The standard InChI is InChI=1S/C18H20Cl2N2O2/c1-12(23)21-17-6-4-3-5-15(17)18(24)11-22(2)10-13-7-8-14(19)9-16(13)20/h3-9,18,24H,10-11H2,1-2H3,(H,21,23). The van der Waals surface area contributed by atoms with Gasteiger partial charge >= 0.3 is 0 Å². The van der Waals surface area contributed by atoms with E-state index in [1.807, 2.05) is 30.1 Å². The summed E-state index contributed by atoms with van der Waals surface area (Å²) in [4.78, 5) is 13.3. The number of nitrogens with one attached hydrogen (secondary N) is 1. The highest BCUT2D eigenvalue weighted by Gasteiger charge is 2.16. The SMILES string of the molecule is CC(=O)Nc1ccccc1C(O)CN(C)Cc1ccc(Cl)cc1Cl. The lowest BCUT2D eigenvalue weighted by Crippen LogP contribution is -2.25. The van der Waals surface area contributed by atoms with Gasteiger partial charge in [-0.25, -0.2) is 0 Å². The summed E-state index contributed by atoms with van der Waals surface area (Å²) in [6.07, 6.45) is -0.732. The molecule has 0 aliphatic carbocycles. The number of anilines is 1. The van der Waals surface area contributed by atoms with Crippen LogP contribution < -0.4 is 5.32 Å². The minimum atomic E-state index is -0.732. The molecule has 0 bridgehead atoms. The summed E-state index contributed by atoms with van der Waals surface area (Å²) in [6, 6.07) is 12.6. The second-order valence-corrected chi connectivity index (χ2v) is 6.56. The van der Waals surface area contributed by atoms with E-state index in [-0.39, 0.29) is 5.91 Å². The highest BCUT2D eigenvalue weighted by Crippen LogP contribution is 2.25. The number of amides is 1. The highest BCUT2D eigenvalue weighted by atomic mass is 35.5. The third-order valence-electron chi connectivity index (χ3n) is 3.57. The Morgan fingerprint density at radius 3 is 2.62 bits per heavy atom. The summed E-state index contributed by atoms with van der Waals surface area (Å²) in [5.74, 6) is -0.170. The van der Waals surface area contributed by atoms with Crippen molar-refractivity contribution in [1.82, 2.24) is 4.90 Å². The van der Waals surface area contributed by atoms with Crippen LogP contribution in [0.25, 0.3) is 0 Å². The van der Waals surface area contributed by atoms with Crippen molar-refractivity contribution in [2.75, 3.05) is 18.9 Å². The molecule has 0 aromatic heterocycles. The average Bonchev–Trinajstić information content (AvgIpc) is 2.50. The Hall–Kier alpha value is -1.59. The second-order valence-electron chi connectivity index (χ2n) is 5.72. The Kier molecular flexibility index (Phi) is 6.63. The first-order chi connectivity index (χ1) is 11.4. The van der Waals surface area contributed by atoms with Crippen LogP contribution in [0.4, 0.5) is 5.69 Å². The van der Waals surface area contributed by atoms with Gasteiger partial charge in [0.1, 0.15) is 0 Å². The van der Waals surface area contributed by atoms with Crippen molar-refractivity contribution < 1.29 is 9.90 Å². The third kappa shape index (κ3) is 5.21. The maximum atomic E-state index is 11.3. The van der Waals surface area contributed by atoms with Gasteiger partial charge in [-0.1, -0.05) is 47.5 Å². The average molecular weight is 367 g/mol. The Morgan fingerprint density at radius 1 is 1.25 bits per heavy atom. The van der Waals surface area contributed by atoms with Crippen molar-refractivity contribution >= 4 is 34.8 Å². The van der Waals surface area contributed by atoms with Gasteiger partial charge < -0.3 is 10.4 Å². The molecule has 128 valence electrons. The van der Waals surface area contributed by atoms with Gasteiger partial charge in [-0.05, 0) is 30.8 Å². The Bertz CT molecular complexity index is 722. The molecule has 0 saturated carbocycles. The summed E-state index contributed by atoms with van der Waals surface area (Å²) in [5, 5.41) is 14.5. The number of hydrogen-bond donors (Lipinski definition) is 2. The van der Waals surface area contributed by atoms with E-state index < -0.39 is 6.10 Å². The largest absolute Gasteiger partial charge is 0.387 e. The minimum absolute atomic E-state index is 0.170.